The molecule has 5 N–H and O–H groups in total. The van der Waals surface area contributed by atoms with Crippen molar-refractivity contribution in [2.45, 2.75) is 24.4 Å². The van der Waals surface area contributed by atoms with Gasteiger partial charge in [-0.2, -0.15) is 0 Å². The van der Waals surface area contributed by atoms with Gasteiger partial charge in [-0.3, -0.25) is 0 Å². The lowest BCUT2D eigenvalue weighted by Crippen LogP contribution is -2.43. The maximum atomic E-state index is 9.10. The molecule has 1 saturated heterocycles. The van der Waals surface area contributed by atoms with E-state index < -0.39 is 24.4 Å². The monoisotopic (exact) mass is 163 g/mol. The molecule has 1 rings (SSSR count). The molecule has 5 heteroatoms. The van der Waals surface area contributed by atoms with Gasteiger partial charge in [-0.1, -0.05) is 0 Å². The molecule has 0 aromatic carbocycles. The van der Waals surface area contributed by atoms with E-state index in [0.29, 0.717) is 0 Å². The summed E-state index contributed by atoms with van der Waals surface area (Å²) in [6, 6.07) is 0. The van der Waals surface area contributed by atoms with Crippen molar-refractivity contribution in [2.75, 3.05) is 13.1 Å². The van der Waals surface area contributed by atoms with Gasteiger partial charge in [0.2, 0.25) is 0 Å². The smallest absolute Gasteiger partial charge is 0.110 e. The van der Waals surface area contributed by atoms with Gasteiger partial charge < -0.3 is 25.7 Å². The summed E-state index contributed by atoms with van der Waals surface area (Å²) in [7, 11) is 0. The summed E-state index contributed by atoms with van der Waals surface area (Å²) in [5.74, 6) is 0. The van der Waals surface area contributed by atoms with Gasteiger partial charge in [-0.05, 0) is 0 Å². The van der Waals surface area contributed by atoms with Crippen LogP contribution in [-0.2, 0) is 0 Å². The van der Waals surface area contributed by atoms with Crippen molar-refractivity contribution in [3.05, 3.63) is 0 Å². The predicted octanol–water partition coefficient (Wildman–Crippen LogP) is -2.97. The van der Waals surface area contributed by atoms with Crippen molar-refractivity contribution in [1.82, 2.24) is 5.32 Å². The highest BCUT2D eigenvalue weighted by molar-refractivity contribution is 4.86. The second-order valence-corrected chi connectivity index (χ2v) is 2.77. The largest absolute Gasteiger partial charge is 0.389 e. The van der Waals surface area contributed by atoms with E-state index in [2.05, 4.69) is 5.32 Å². The number of β-amino-alcohol motifs (C(OH)–C–C–N with tert-alkyl or cyclic N) is 2. The molecule has 66 valence electrons. The molecule has 1 aliphatic heterocycles. The fraction of sp³-hybridized carbons (Fsp3) is 1.00. The molecular weight excluding hydrogens is 150 g/mol. The SMILES string of the molecule is OC1CNCC(O)[C@H](O)[C@H]1O. The standard InChI is InChI=1S/C6H13NO4/c8-3-1-7-2-4(9)6(11)5(3)10/h3-11H,1-2H2/t3?,4?,5-,6-/m0/s1. The Morgan fingerprint density at radius 2 is 1.18 bits per heavy atom. The van der Waals surface area contributed by atoms with Crippen molar-refractivity contribution in [1.29, 1.82) is 0 Å². The lowest BCUT2D eigenvalue weighted by Gasteiger charge is -2.21. The molecular formula is C6H13NO4. The van der Waals surface area contributed by atoms with E-state index in [1.807, 2.05) is 0 Å². The van der Waals surface area contributed by atoms with Crippen LogP contribution in [0.3, 0.4) is 0 Å². The van der Waals surface area contributed by atoms with Gasteiger partial charge in [-0.25, -0.2) is 0 Å². The lowest BCUT2D eigenvalue weighted by molar-refractivity contribution is -0.0894. The summed E-state index contributed by atoms with van der Waals surface area (Å²) in [6.45, 7) is 0.380. The molecule has 2 unspecified atom stereocenters. The Bertz CT molecular complexity index is 118. The minimum absolute atomic E-state index is 0.190. The van der Waals surface area contributed by atoms with E-state index in [1.165, 1.54) is 0 Å². The average molecular weight is 163 g/mol. The maximum Gasteiger partial charge on any atom is 0.110 e. The molecule has 0 bridgehead atoms. The second-order valence-electron chi connectivity index (χ2n) is 2.77. The van der Waals surface area contributed by atoms with Crippen molar-refractivity contribution >= 4 is 0 Å². The summed E-state index contributed by atoms with van der Waals surface area (Å²) in [6.07, 6.45) is -4.55. The normalized spacial score (nSPS) is 46.9. The molecule has 1 heterocycles. The van der Waals surface area contributed by atoms with Crippen LogP contribution >= 0.6 is 0 Å². The molecule has 0 aromatic heterocycles. The molecule has 0 aromatic rings. The fourth-order valence-electron chi connectivity index (χ4n) is 1.08. The van der Waals surface area contributed by atoms with Gasteiger partial charge in [0.15, 0.2) is 0 Å². The average Bonchev–Trinajstić information content (AvgIpc) is 2.07. The molecule has 11 heavy (non-hydrogen) atoms. The first-order chi connectivity index (χ1) is 5.13. The Morgan fingerprint density at radius 1 is 0.818 bits per heavy atom. The number of hydrogen-bond donors (Lipinski definition) is 5. The lowest BCUT2D eigenvalue weighted by atomic mass is 10.1. The third kappa shape index (κ3) is 1.88. The van der Waals surface area contributed by atoms with E-state index in [4.69, 9.17) is 20.4 Å². The van der Waals surface area contributed by atoms with Crippen LogP contribution in [0.4, 0.5) is 0 Å². The molecule has 0 amide bonds. The molecule has 0 radical (unpaired) electrons. The first-order valence-corrected chi connectivity index (χ1v) is 3.56. The van der Waals surface area contributed by atoms with Crippen LogP contribution < -0.4 is 5.32 Å². The Balaban J connectivity index is 2.58. The summed E-state index contributed by atoms with van der Waals surface area (Å²) >= 11 is 0. The second kappa shape index (κ2) is 3.46. The third-order valence-corrected chi connectivity index (χ3v) is 1.85. The van der Waals surface area contributed by atoms with Crippen molar-refractivity contribution in [2.24, 2.45) is 0 Å². The molecule has 4 atom stereocenters. The van der Waals surface area contributed by atoms with E-state index in [-0.39, 0.29) is 13.1 Å². The molecule has 0 saturated carbocycles. The minimum Gasteiger partial charge on any atom is -0.389 e. The minimum atomic E-state index is -1.26. The van der Waals surface area contributed by atoms with Crippen molar-refractivity contribution in [3.63, 3.8) is 0 Å². The van der Waals surface area contributed by atoms with Crippen LogP contribution in [-0.4, -0.2) is 57.9 Å². The van der Waals surface area contributed by atoms with Gasteiger partial charge in [0, 0.05) is 13.1 Å². The summed E-state index contributed by atoms with van der Waals surface area (Å²) in [4.78, 5) is 0. The zero-order valence-corrected chi connectivity index (χ0v) is 6.01. The van der Waals surface area contributed by atoms with E-state index in [0.717, 1.165) is 0 Å². The van der Waals surface area contributed by atoms with E-state index >= 15 is 0 Å². The highest BCUT2D eigenvalue weighted by Gasteiger charge is 2.32. The van der Waals surface area contributed by atoms with Crippen LogP contribution in [0.2, 0.25) is 0 Å². The van der Waals surface area contributed by atoms with Gasteiger partial charge >= 0.3 is 0 Å². The predicted molar refractivity (Wildman–Crippen MR) is 36.9 cm³/mol. The van der Waals surface area contributed by atoms with Crippen LogP contribution in [0.25, 0.3) is 0 Å². The van der Waals surface area contributed by atoms with Crippen LogP contribution in [0.15, 0.2) is 0 Å². The molecule has 1 fully saturated rings. The fourth-order valence-corrected chi connectivity index (χ4v) is 1.08. The number of nitrogens with one attached hydrogen (secondary N) is 1. The van der Waals surface area contributed by atoms with E-state index in [9.17, 15) is 0 Å². The third-order valence-electron chi connectivity index (χ3n) is 1.85. The van der Waals surface area contributed by atoms with Gasteiger partial charge in [-0.15, -0.1) is 0 Å². The quantitative estimate of drug-likeness (QED) is 0.263. The van der Waals surface area contributed by atoms with Crippen molar-refractivity contribution < 1.29 is 20.4 Å². The van der Waals surface area contributed by atoms with Crippen LogP contribution in [0, 0.1) is 0 Å². The molecule has 0 spiro atoms. The van der Waals surface area contributed by atoms with Crippen molar-refractivity contribution in [3.8, 4) is 0 Å². The number of aliphatic hydroxyl groups is 4. The summed E-state index contributed by atoms with van der Waals surface area (Å²) in [5, 5.41) is 39.0. The van der Waals surface area contributed by atoms with Gasteiger partial charge in [0.25, 0.3) is 0 Å². The van der Waals surface area contributed by atoms with Crippen LogP contribution in [0.5, 0.6) is 0 Å². The Morgan fingerprint density at radius 3 is 1.55 bits per heavy atom. The zero-order chi connectivity index (χ0) is 8.43. The Kier molecular flexibility index (Phi) is 2.80. The topological polar surface area (TPSA) is 93.0 Å². The first-order valence-electron chi connectivity index (χ1n) is 3.56. The van der Waals surface area contributed by atoms with Gasteiger partial charge in [0.1, 0.15) is 12.2 Å². The van der Waals surface area contributed by atoms with Gasteiger partial charge in [0.05, 0.1) is 12.2 Å². The maximum absolute atomic E-state index is 9.10. The number of rotatable bonds is 0. The first kappa shape index (κ1) is 8.89. The summed E-state index contributed by atoms with van der Waals surface area (Å²) < 4.78 is 0. The zero-order valence-electron chi connectivity index (χ0n) is 6.01. The van der Waals surface area contributed by atoms with E-state index in [1.54, 1.807) is 0 Å². The number of hydrogen-bond acceptors (Lipinski definition) is 5. The van der Waals surface area contributed by atoms with Crippen LogP contribution in [0.1, 0.15) is 0 Å². The highest BCUT2D eigenvalue weighted by atomic mass is 16.4. The summed E-state index contributed by atoms with van der Waals surface area (Å²) in [5.41, 5.74) is 0. The molecule has 0 aliphatic carbocycles. The Hall–Kier alpha value is -0.200. The molecule has 5 nitrogen and oxygen atoms in total. The number of aliphatic hydroxyl groups excluding tert-OH is 4. The Labute approximate surface area is 64.3 Å². The highest BCUT2D eigenvalue weighted by Crippen LogP contribution is 2.07. The molecule has 1 aliphatic rings.